The summed E-state index contributed by atoms with van der Waals surface area (Å²) in [5.41, 5.74) is 6.48. The number of carbonyl (C=O) groups is 1. The van der Waals surface area contributed by atoms with Crippen molar-refractivity contribution in [1.82, 2.24) is 4.90 Å². The Hall–Kier alpha value is -1.26. The van der Waals surface area contributed by atoms with Crippen LogP contribution in [0.3, 0.4) is 0 Å². The van der Waals surface area contributed by atoms with Gasteiger partial charge in [0.15, 0.2) is 0 Å². The topological polar surface area (TPSA) is 58.4 Å². The van der Waals surface area contributed by atoms with E-state index in [-0.39, 0.29) is 18.4 Å². The van der Waals surface area contributed by atoms with E-state index in [2.05, 4.69) is 5.32 Å². The van der Waals surface area contributed by atoms with Gasteiger partial charge in [0.2, 0.25) is 0 Å². The van der Waals surface area contributed by atoms with Gasteiger partial charge in [-0.3, -0.25) is 0 Å². The lowest BCUT2D eigenvalue weighted by Crippen LogP contribution is -2.42. The monoisotopic (exact) mass is 269 g/mol. The number of urea groups is 1. The number of benzene rings is 1. The minimum atomic E-state index is -0.00771. The highest BCUT2D eigenvalue weighted by Gasteiger charge is 2.21. The van der Waals surface area contributed by atoms with E-state index in [1.807, 2.05) is 35.2 Å². The van der Waals surface area contributed by atoms with Gasteiger partial charge in [-0.25, -0.2) is 4.79 Å². The Bertz CT molecular complexity index is 364. The van der Waals surface area contributed by atoms with E-state index < -0.39 is 0 Å². The van der Waals surface area contributed by atoms with Gasteiger partial charge in [-0.05, 0) is 37.4 Å². The third kappa shape index (κ3) is 3.89. The Balaban J connectivity index is 0.00000162. The van der Waals surface area contributed by atoms with E-state index in [0.29, 0.717) is 5.92 Å². The minimum absolute atomic E-state index is 0. The fourth-order valence-electron chi connectivity index (χ4n) is 2.10. The van der Waals surface area contributed by atoms with Crippen molar-refractivity contribution in [3.05, 3.63) is 30.3 Å². The molecule has 0 atom stereocenters. The van der Waals surface area contributed by atoms with Gasteiger partial charge in [0.25, 0.3) is 0 Å². The molecule has 1 fully saturated rings. The van der Waals surface area contributed by atoms with Crippen LogP contribution in [0, 0.1) is 5.92 Å². The molecule has 0 radical (unpaired) electrons. The van der Waals surface area contributed by atoms with Crippen LogP contribution < -0.4 is 11.1 Å². The lowest BCUT2D eigenvalue weighted by Gasteiger charge is -2.31. The Kier molecular flexibility index (Phi) is 5.95. The molecule has 0 aliphatic carbocycles. The molecule has 3 N–H and O–H groups in total. The molecule has 2 rings (SSSR count). The van der Waals surface area contributed by atoms with Crippen LogP contribution in [-0.2, 0) is 0 Å². The van der Waals surface area contributed by atoms with Crippen LogP contribution in [-0.4, -0.2) is 30.6 Å². The second-order valence-corrected chi connectivity index (χ2v) is 4.46. The summed E-state index contributed by atoms with van der Waals surface area (Å²) in [6.45, 7) is 2.34. The van der Waals surface area contributed by atoms with Crippen molar-refractivity contribution < 1.29 is 4.79 Å². The lowest BCUT2D eigenvalue weighted by atomic mass is 9.97. The molecule has 100 valence electrons. The smallest absolute Gasteiger partial charge is 0.321 e. The van der Waals surface area contributed by atoms with Crippen LogP contribution in [0.1, 0.15) is 12.8 Å². The van der Waals surface area contributed by atoms with Crippen molar-refractivity contribution in [3.63, 3.8) is 0 Å². The van der Waals surface area contributed by atoms with Crippen LogP contribution in [0.25, 0.3) is 0 Å². The third-order valence-corrected chi connectivity index (χ3v) is 3.26. The number of halogens is 1. The molecule has 1 aromatic rings. The van der Waals surface area contributed by atoms with E-state index in [1.54, 1.807) is 0 Å². The van der Waals surface area contributed by atoms with Crippen molar-refractivity contribution >= 4 is 24.1 Å². The highest BCUT2D eigenvalue weighted by molar-refractivity contribution is 5.89. The first-order chi connectivity index (χ1) is 8.29. The van der Waals surface area contributed by atoms with Crippen molar-refractivity contribution in [1.29, 1.82) is 0 Å². The van der Waals surface area contributed by atoms with Crippen LogP contribution in [0.15, 0.2) is 30.3 Å². The van der Waals surface area contributed by atoms with Gasteiger partial charge >= 0.3 is 6.03 Å². The first-order valence-electron chi connectivity index (χ1n) is 6.10. The number of nitrogens with two attached hydrogens (primary N) is 1. The molecular formula is C13H20ClN3O. The van der Waals surface area contributed by atoms with Crippen molar-refractivity contribution in [2.75, 3.05) is 25.0 Å². The Morgan fingerprint density at radius 2 is 1.89 bits per heavy atom. The van der Waals surface area contributed by atoms with Crippen molar-refractivity contribution in [2.45, 2.75) is 12.8 Å². The SMILES string of the molecule is Cl.NCC1CCN(C(=O)Nc2ccccc2)CC1. The largest absolute Gasteiger partial charge is 0.330 e. The maximum absolute atomic E-state index is 11.9. The van der Waals surface area contributed by atoms with Gasteiger partial charge in [0.05, 0.1) is 0 Å². The number of carbonyl (C=O) groups excluding carboxylic acids is 1. The molecule has 0 spiro atoms. The number of amides is 2. The molecule has 2 amide bonds. The molecule has 1 aliphatic rings. The van der Waals surface area contributed by atoms with Crippen LogP contribution in [0.5, 0.6) is 0 Å². The molecule has 5 heteroatoms. The number of likely N-dealkylation sites (tertiary alicyclic amines) is 1. The highest BCUT2D eigenvalue weighted by atomic mass is 35.5. The number of hydrogen-bond donors (Lipinski definition) is 2. The fourth-order valence-corrected chi connectivity index (χ4v) is 2.10. The molecular weight excluding hydrogens is 250 g/mol. The van der Waals surface area contributed by atoms with Crippen molar-refractivity contribution in [2.24, 2.45) is 11.7 Å². The summed E-state index contributed by atoms with van der Waals surface area (Å²) in [7, 11) is 0. The fraction of sp³-hybridized carbons (Fsp3) is 0.462. The summed E-state index contributed by atoms with van der Waals surface area (Å²) >= 11 is 0. The van der Waals surface area contributed by atoms with Crippen molar-refractivity contribution in [3.8, 4) is 0 Å². The molecule has 0 unspecified atom stereocenters. The summed E-state index contributed by atoms with van der Waals surface area (Å²) in [4.78, 5) is 13.8. The molecule has 0 saturated carbocycles. The predicted molar refractivity (Wildman–Crippen MR) is 76.1 cm³/mol. The van der Waals surface area contributed by atoms with E-state index in [4.69, 9.17) is 5.73 Å². The summed E-state index contributed by atoms with van der Waals surface area (Å²) < 4.78 is 0. The zero-order chi connectivity index (χ0) is 12.1. The zero-order valence-corrected chi connectivity index (χ0v) is 11.2. The average Bonchev–Trinajstić information content (AvgIpc) is 2.40. The number of hydrogen-bond acceptors (Lipinski definition) is 2. The summed E-state index contributed by atoms with van der Waals surface area (Å²) in [6, 6.07) is 9.54. The number of para-hydroxylation sites is 1. The molecule has 1 aliphatic heterocycles. The summed E-state index contributed by atoms with van der Waals surface area (Å²) in [5.74, 6) is 0.579. The first-order valence-corrected chi connectivity index (χ1v) is 6.10. The Morgan fingerprint density at radius 1 is 1.28 bits per heavy atom. The average molecular weight is 270 g/mol. The molecule has 1 saturated heterocycles. The van der Waals surface area contributed by atoms with Gasteiger partial charge in [0.1, 0.15) is 0 Å². The second-order valence-electron chi connectivity index (χ2n) is 4.46. The standard InChI is InChI=1S/C13H19N3O.ClH/c14-10-11-6-8-16(9-7-11)13(17)15-12-4-2-1-3-5-12;/h1-5,11H,6-10,14H2,(H,15,17);1H. The second kappa shape index (κ2) is 7.24. The quantitative estimate of drug-likeness (QED) is 0.866. The maximum atomic E-state index is 11.9. The van der Waals surface area contributed by atoms with Crippen LogP contribution >= 0.6 is 12.4 Å². The molecule has 0 bridgehead atoms. The summed E-state index contributed by atoms with van der Waals surface area (Å²) in [5, 5.41) is 2.90. The number of piperidine rings is 1. The number of nitrogens with zero attached hydrogens (tertiary/aromatic N) is 1. The van der Waals surface area contributed by atoms with E-state index in [0.717, 1.165) is 38.2 Å². The lowest BCUT2D eigenvalue weighted by molar-refractivity contribution is 0.184. The van der Waals surface area contributed by atoms with Gasteiger partial charge < -0.3 is 16.0 Å². The van der Waals surface area contributed by atoms with Crippen LogP contribution in [0.2, 0.25) is 0 Å². The Morgan fingerprint density at radius 3 is 2.44 bits per heavy atom. The molecule has 1 heterocycles. The predicted octanol–water partition coefficient (Wildman–Crippen LogP) is 2.31. The first kappa shape index (κ1) is 14.8. The Labute approximate surface area is 114 Å². The van der Waals surface area contributed by atoms with Crippen LogP contribution in [0.4, 0.5) is 10.5 Å². The third-order valence-electron chi connectivity index (χ3n) is 3.26. The van der Waals surface area contributed by atoms with E-state index in [9.17, 15) is 4.79 Å². The normalized spacial score (nSPS) is 15.9. The molecule has 0 aromatic heterocycles. The highest BCUT2D eigenvalue weighted by Crippen LogP contribution is 2.16. The molecule has 18 heavy (non-hydrogen) atoms. The van der Waals surface area contributed by atoms with Gasteiger partial charge in [0, 0.05) is 18.8 Å². The minimum Gasteiger partial charge on any atom is -0.330 e. The summed E-state index contributed by atoms with van der Waals surface area (Å²) in [6.07, 6.45) is 2.03. The van der Waals surface area contributed by atoms with Gasteiger partial charge in [-0.1, -0.05) is 18.2 Å². The number of anilines is 1. The van der Waals surface area contributed by atoms with Gasteiger partial charge in [-0.2, -0.15) is 0 Å². The number of nitrogens with one attached hydrogen (secondary N) is 1. The molecule has 4 nitrogen and oxygen atoms in total. The zero-order valence-electron chi connectivity index (χ0n) is 10.3. The van der Waals surface area contributed by atoms with Gasteiger partial charge in [-0.15, -0.1) is 12.4 Å². The number of rotatable bonds is 2. The van der Waals surface area contributed by atoms with E-state index >= 15 is 0 Å². The maximum Gasteiger partial charge on any atom is 0.321 e. The van der Waals surface area contributed by atoms with E-state index in [1.165, 1.54) is 0 Å². The molecule has 1 aromatic carbocycles.